The minimum absolute atomic E-state index is 0.296. The van der Waals surface area contributed by atoms with Gasteiger partial charge in [0.2, 0.25) is 5.91 Å². The van der Waals surface area contributed by atoms with Crippen molar-refractivity contribution in [1.29, 1.82) is 0 Å². The second-order valence-electron chi connectivity index (χ2n) is 4.75. The first kappa shape index (κ1) is 11.1. The monoisotopic (exact) mass is 241 g/mol. The van der Waals surface area contributed by atoms with Gasteiger partial charge >= 0.3 is 0 Å². The lowest BCUT2D eigenvalue weighted by Crippen LogP contribution is -2.51. The summed E-state index contributed by atoms with van der Waals surface area (Å²) >= 11 is 0. The number of hydrogen-bond donors (Lipinski definition) is 0. The summed E-state index contributed by atoms with van der Waals surface area (Å²) < 4.78 is 0. The molecule has 0 bridgehead atoms. The van der Waals surface area contributed by atoms with Crippen LogP contribution in [0, 0.1) is 12.3 Å². The highest BCUT2D eigenvalue weighted by Gasteiger charge is 2.35. The van der Waals surface area contributed by atoms with Crippen molar-refractivity contribution in [3.8, 4) is 12.3 Å². The molecule has 0 radical (unpaired) electrons. The maximum Gasteiger partial charge on any atom is 0.223 e. The molecule has 1 aromatic rings. The number of fused-ring (bicyclic) bond motifs is 1. The van der Waals surface area contributed by atoms with E-state index < -0.39 is 0 Å². The lowest BCUT2D eigenvalue weighted by atomic mass is 10.1. The fraction of sp³-hybridized carbons (Fsp3) is 0.429. The van der Waals surface area contributed by atoms with E-state index in [1.165, 1.54) is 0 Å². The van der Waals surface area contributed by atoms with Gasteiger partial charge in [-0.15, -0.1) is 6.42 Å². The number of nitrogens with zero attached hydrogens (tertiary/aromatic N) is 3. The molecule has 0 aromatic carbocycles. The number of piperazine rings is 1. The van der Waals surface area contributed by atoms with Crippen LogP contribution in [0.2, 0.25) is 0 Å². The van der Waals surface area contributed by atoms with Gasteiger partial charge in [-0.2, -0.15) is 0 Å². The average molecular weight is 241 g/mol. The van der Waals surface area contributed by atoms with E-state index in [9.17, 15) is 4.79 Å². The van der Waals surface area contributed by atoms with Gasteiger partial charge in [-0.25, -0.2) is 4.98 Å². The third kappa shape index (κ3) is 1.82. The van der Waals surface area contributed by atoms with E-state index in [4.69, 9.17) is 6.42 Å². The van der Waals surface area contributed by atoms with Crippen molar-refractivity contribution in [2.45, 2.75) is 18.9 Å². The van der Waals surface area contributed by atoms with Crippen LogP contribution in [0.1, 0.15) is 18.5 Å². The number of anilines is 1. The number of hydrogen-bond acceptors (Lipinski definition) is 3. The van der Waals surface area contributed by atoms with Crippen LogP contribution in [0.3, 0.4) is 0 Å². The Morgan fingerprint density at radius 2 is 2.28 bits per heavy atom. The largest absolute Gasteiger partial charge is 0.353 e. The van der Waals surface area contributed by atoms with Crippen LogP contribution in [0.5, 0.6) is 0 Å². The molecule has 2 aliphatic heterocycles. The number of carbonyl (C=O) groups is 1. The fourth-order valence-electron chi connectivity index (χ4n) is 2.75. The van der Waals surface area contributed by atoms with E-state index >= 15 is 0 Å². The van der Waals surface area contributed by atoms with Gasteiger partial charge < -0.3 is 9.80 Å². The Bertz CT molecular complexity index is 520. The third-order valence-electron chi connectivity index (χ3n) is 3.70. The summed E-state index contributed by atoms with van der Waals surface area (Å²) in [6, 6.07) is 6.10. The summed E-state index contributed by atoms with van der Waals surface area (Å²) in [5.74, 6) is 3.77. The summed E-state index contributed by atoms with van der Waals surface area (Å²) in [6.45, 7) is 2.50. The number of carbonyl (C=O) groups excluding carboxylic acids is 1. The standard InChI is InChI=1S/C14H15N3O/c1-2-11-4-3-5-13(15-11)16-8-9-17-12(10-16)6-7-14(17)18/h1,3-5,12H,6-10H2. The molecular formula is C14H15N3O. The normalized spacial score (nSPS) is 22.8. The minimum atomic E-state index is 0.296. The van der Waals surface area contributed by atoms with Crippen LogP contribution in [0.25, 0.3) is 0 Å². The molecule has 92 valence electrons. The molecule has 0 N–H and O–H groups in total. The maximum absolute atomic E-state index is 11.6. The van der Waals surface area contributed by atoms with Crippen LogP contribution < -0.4 is 4.90 Å². The predicted molar refractivity (Wildman–Crippen MR) is 69.1 cm³/mol. The van der Waals surface area contributed by atoms with E-state index in [2.05, 4.69) is 15.8 Å². The van der Waals surface area contributed by atoms with Crippen molar-refractivity contribution in [2.24, 2.45) is 0 Å². The second-order valence-corrected chi connectivity index (χ2v) is 4.75. The van der Waals surface area contributed by atoms with Gasteiger partial charge in [-0.1, -0.05) is 12.0 Å². The molecule has 2 fully saturated rings. The summed E-state index contributed by atoms with van der Waals surface area (Å²) in [7, 11) is 0. The van der Waals surface area contributed by atoms with Crippen molar-refractivity contribution < 1.29 is 4.79 Å². The Morgan fingerprint density at radius 1 is 1.39 bits per heavy atom. The quantitative estimate of drug-likeness (QED) is 0.685. The number of amides is 1. The summed E-state index contributed by atoms with van der Waals surface area (Å²) in [5, 5.41) is 0. The van der Waals surface area contributed by atoms with Crippen molar-refractivity contribution in [2.75, 3.05) is 24.5 Å². The molecule has 3 heterocycles. The highest BCUT2D eigenvalue weighted by atomic mass is 16.2. The van der Waals surface area contributed by atoms with Gasteiger partial charge in [0.1, 0.15) is 11.5 Å². The van der Waals surface area contributed by atoms with Crippen molar-refractivity contribution in [3.05, 3.63) is 23.9 Å². The van der Waals surface area contributed by atoms with Crippen molar-refractivity contribution in [3.63, 3.8) is 0 Å². The Balaban J connectivity index is 1.78. The fourth-order valence-corrected chi connectivity index (χ4v) is 2.75. The van der Waals surface area contributed by atoms with Gasteiger partial charge in [-0.3, -0.25) is 4.79 Å². The SMILES string of the molecule is C#Cc1cccc(N2CCN3C(=O)CCC3C2)n1. The summed E-state index contributed by atoms with van der Waals surface area (Å²) in [5.41, 5.74) is 0.664. The molecule has 4 heteroatoms. The zero-order valence-corrected chi connectivity index (χ0v) is 10.2. The van der Waals surface area contributed by atoms with Gasteiger partial charge in [0.25, 0.3) is 0 Å². The zero-order chi connectivity index (χ0) is 12.5. The molecule has 1 amide bonds. The highest BCUT2D eigenvalue weighted by Crippen LogP contribution is 2.25. The van der Waals surface area contributed by atoms with Crippen molar-refractivity contribution in [1.82, 2.24) is 9.88 Å². The maximum atomic E-state index is 11.6. The van der Waals surface area contributed by atoms with Crippen LogP contribution >= 0.6 is 0 Å². The molecule has 4 nitrogen and oxygen atoms in total. The molecule has 18 heavy (non-hydrogen) atoms. The van der Waals surface area contributed by atoms with Crippen molar-refractivity contribution >= 4 is 11.7 Å². The van der Waals surface area contributed by atoms with E-state index in [1.54, 1.807) is 0 Å². The molecule has 2 aliphatic rings. The Kier molecular flexibility index (Phi) is 2.67. The third-order valence-corrected chi connectivity index (χ3v) is 3.70. The van der Waals surface area contributed by atoms with Crippen LogP contribution in [-0.4, -0.2) is 41.5 Å². The molecule has 1 atom stereocenters. The summed E-state index contributed by atoms with van der Waals surface area (Å²) in [4.78, 5) is 20.3. The number of pyridine rings is 1. The molecule has 1 unspecified atom stereocenters. The lowest BCUT2D eigenvalue weighted by molar-refractivity contribution is -0.129. The van der Waals surface area contributed by atoms with E-state index in [0.29, 0.717) is 24.1 Å². The predicted octanol–water partition coefficient (Wildman–Crippen LogP) is 0.874. The zero-order valence-electron chi connectivity index (χ0n) is 10.2. The van der Waals surface area contributed by atoms with E-state index in [0.717, 1.165) is 31.9 Å². The minimum Gasteiger partial charge on any atom is -0.353 e. The van der Waals surface area contributed by atoms with Crippen LogP contribution in [0.15, 0.2) is 18.2 Å². The second kappa shape index (κ2) is 4.34. The van der Waals surface area contributed by atoms with Gasteiger partial charge in [0.15, 0.2) is 0 Å². The Morgan fingerprint density at radius 3 is 3.11 bits per heavy atom. The van der Waals surface area contributed by atoms with Gasteiger partial charge in [0.05, 0.1) is 0 Å². The number of rotatable bonds is 1. The highest BCUT2D eigenvalue weighted by molar-refractivity contribution is 5.79. The Hall–Kier alpha value is -2.02. The topological polar surface area (TPSA) is 36.4 Å². The average Bonchev–Trinajstić information content (AvgIpc) is 2.80. The molecular weight excluding hydrogens is 226 g/mol. The summed E-state index contributed by atoms with van der Waals surface area (Å²) in [6.07, 6.45) is 7.02. The molecule has 0 spiro atoms. The first-order valence-electron chi connectivity index (χ1n) is 6.26. The van der Waals surface area contributed by atoms with Crippen LogP contribution in [-0.2, 0) is 4.79 Å². The van der Waals surface area contributed by atoms with Gasteiger partial charge in [-0.05, 0) is 18.6 Å². The van der Waals surface area contributed by atoms with Crippen LogP contribution in [0.4, 0.5) is 5.82 Å². The molecule has 3 rings (SSSR count). The molecule has 1 aromatic heterocycles. The van der Waals surface area contributed by atoms with Gasteiger partial charge in [0, 0.05) is 32.1 Å². The van der Waals surface area contributed by atoms with E-state index in [-0.39, 0.29) is 0 Å². The lowest BCUT2D eigenvalue weighted by Gasteiger charge is -2.38. The molecule has 0 saturated carbocycles. The Labute approximate surface area is 107 Å². The number of terminal acetylenes is 1. The molecule has 2 saturated heterocycles. The first-order chi connectivity index (χ1) is 8.78. The van der Waals surface area contributed by atoms with E-state index in [1.807, 2.05) is 23.1 Å². The number of aromatic nitrogens is 1. The first-order valence-corrected chi connectivity index (χ1v) is 6.26. The molecule has 0 aliphatic carbocycles. The smallest absolute Gasteiger partial charge is 0.223 e.